The lowest BCUT2D eigenvalue weighted by Crippen LogP contribution is -2.11. The SMILES string of the molecule is c1ccc(-c2ccccc2N(c2ccc(-c3cccc4ccccc34)cc2)c2ccc(-n3c4ccccc4c4cc5ccccc5cc43)cc2)cc1. The van der Waals surface area contributed by atoms with Crippen molar-refractivity contribution in [2.45, 2.75) is 0 Å². The van der Waals surface area contributed by atoms with Crippen LogP contribution in [0.2, 0.25) is 0 Å². The van der Waals surface area contributed by atoms with E-state index in [4.69, 9.17) is 0 Å². The zero-order chi connectivity index (χ0) is 34.4. The zero-order valence-electron chi connectivity index (χ0n) is 28.5. The second kappa shape index (κ2) is 12.5. The van der Waals surface area contributed by atoms with Gasteiger partial charge in [0.05, 0.1) is 16.7 Å². The minimum Gasteiger partial charge on any atom is -0.310 e. The Morgan fingerprint density at radius 2 is 0.885 bits per heavy atom. The molecular formula is C50H34N2. The molecule has 244 valence electrons. The predicted octanol–water partition coefficient (Wildman–Crippen LogP) is 13.9. The van der Waals surface area contributed by atoms with E-state index in [1.54, 1.807) is 0 Å². The first-order valence-electron chi connectivity index (χ1n) is 17.9. The lowest BCUT2D eigenvalue weighted by atomic mass is 9.97. The summed E-state index contributed by atoms with van der Waals surface area (Å²) >= 11 is 0. The van der Waals surface area contributed by atoms with Crippen molar-refractivity contribution in [2.24, 2.45) is 0 Å². The topological polar surface area (TPSA) is 8.17 Å². The standard InChI is InChI=1S/C50H34N2/c1-2-13-36(14-3-1)45-20-8-10-23-48(45)51(40-27-25-37(26-28-40)44-22-12-18-35-15-6-7-19-43(35)44)41-29-31-42(32-30-41)52-49-24-11-9-21-46(49)47-33-38-16-4-5-17-39(38)34-50(47)52/h1-34H. The summed E-state index contributed by atoms with van der Waals surface area (Å²) in [6, 6.07) is 74.7. The Morgan fingerprint density at radius 3 is 1.67 bits per heavy atom. The van der Waals surface area contributed by atoms with Gasteiger partial charge >= 0.3 is 0 Å². The molecule has 0 unspecified atom stereocenters. The van der Waals surface area contributed by atoms with Gasteiger partial charge in [-0.15, -0.1) is 0 Å². The Hall–Kier alpha value is -6.90. The maximum atomic E-state index is 2.40. The highest BCUT2D eigenvalue weighted by Crippen LogP contribution is 2.42. The number of nitrogens with zero attached hydrogens (tertiary/aromatic N) is 2. The molecule has 1 heterocycles. The minimum atomic E-state index is 1.09. The van der Waals surface area contributed by atoms with Crippen molar-refractivity contribution in [3.8, 4) is 27.9 Å². The lowest BCUT2D eigenvalue weighted by molar-refractivity contribution is 1.17. The van der Waals surface area contributed by atoms with Crippen molar-refractivity contribution in [2.75, 3.05) is 4.90 Å². The van der Waals surface area contributed by atoms with Gasteiger partial charge in [0.2, 0.25) is 0 Å². The largest absolute Gasteiger partial charge is 0.310 e. The van der Waals surface area contributed by atoms with E-state index in [2.05, 4.69) is 216 Å². The zero-order valence-corrected chi connectivity index (χ0v) is 28.5. The third-order valence-electron chi connectivity index (χ3n) is 10.4. The van der Waals surface area contributed by atoms with Gasteiger partial charge in [-0.2, -0.15) is 0 Å². The molecule has 2 heteroatoms. The van der Waals surface area contributed by atoms with Crippen LogP contribution in [0.15, 0.2) is 206 Å². The van der Waals surface area contributed by atoms with Crippen LogP contribution in [-0.2, 0) is 0 Å². The van der Waals surface area contributed by atoms with Gasteiger partial charge in [-0.3, -0.25) is 0 Å². The molecule has 0 aliphatic rings. The van der Waals surface area contributed by atoms with E-state index in [-0.39, 0.29) is 0 Å². The summed E-state index contributed by atoms with van der Waals surface area (Å²) in [7, 11) is 0. The molecule has 0 fully saturated rings. The first kappa shape index (κ1) is 30.0. The van der Waals surface area contributed by atoms with E-state index < -0.39 is 0 Å². The molecule has 0 saturated heterocycles. The lowest BCUT2D eigenvalue weighted by Gasteiger charge is -2.28. The molecule has 0 amide bonds. The summed E-state index contributed by atoms with van der Waals surface area (Å²) in [5.41, 5.74) is 11.7. The summed E-state index contributed by atoms with van der Waals surface area (Å²) in [5.74, 6) is 0. The summed E-state index contributed by atoms with van der Waals surface area (Å²) in [4.78, 5) is 2.39. The normalized spacial score (nSPS) is 11.5. The summed E-state index contributed by atoms with van der Waals surface area (Å²) in [5, 5.41) is 7.54. The number of hydrogen-bond donors (Lipinski definition) is 0. The van der Waals surface area contributed by atoms with E-state index in [1.165, 1.54) is 65.6 Å². The van der Waals surface area contributed by atoms with Crippen molar-refractivity contribution in [3.05, 3.63) is 206 Å². The average Bonchev–Trinajstić information content (AvgIpc) is 3.54. The Morgan fingerprint density at radius 1 is 0.327 bits per heavy atom. The highest BCUT2D eigenvalue weighted by Gasteiger charge is 2.19. The molecule has 0 saturated carbocycles. The molecule has 0 aliphatic carbocycles. The first-order chi connectivity index (χ1) is 25.8. The third-order valence-corrected chi connectivity index (χ3v) is 10.4. The number of para-hydroxylation sites is 2. The Bertz CT molecular complexity index is 2880. The predicted molar refractivity (Wildman–Crippen MR) is 221 cm³/mol. The third kappa shape index (κ3) is 5.04. The fraction of sp³-hybridized carbons (Fsp3) is 0. The van der Waals surface area contributed by atoms with Crippen molar-refractivity contribution >= 4 is 60.4 Å². The Balaban J connectivity index is 1.13. The van der Waals surface area contributed by atoms with Crippen LogP contribution in [0.3, 0.4) is 0 Å². The molecule has 0 spiro atoms. The maximum absolute atomic E-state index is 2.40. The fourth-order valence-electron chi connectivity index (χ4n) is 7.91. The second-order valence-corrected chi connectivity index (χ2v) is 13.4. The highest BCUT2D eigenvalue weighted by atomic mass is 15.1. The molecule has 0 radical (unpaired) electrons. The number of fused-ring (bicyclic) bond motifs is 5. The van der Waals surface area contributed by atoms with Gasteiger partial charge in [0.25, 0.3) is 0 Å². The number of hydrogen-bond acceptors (Lipinski definition) is 1. The van der Waals surface area contributed by atoms with E-state index in [0.29, 0.717) is 0 Å². The number of rotatable bonds is 6. The monoisotopic (exact) mass is 662 g/mol. The fourth-order valence-corrected chi connectivity index (χ4v) is 7.91. The van der Waals surface area contributed by atoms with Crippen molar-refractivity contribution in [1.82, 2.24) is 4.57 Å². The molecule has 2 nitrogen and oxygen atoms in total. The van der Waals surface area contributed by atoms with Crippen molar-refractivity contribution in [1.29, 1.82) is 0 Å². The minimum absolute atomic E-state index is 1.09. The van der Waals surface area contributed by atoms with Gasteiger partial charge in [0.15, 0.2) is 0 Å². The van der Waals surface area contributed by atoms with Crippen LogP contribution in [0.4, 0.5) is 17.1 Å². The van der Waals surface area contributed by atoms with Crippen LogP contribution in [0.25, 0.3) is 71.3 Å². The number of aromatic nitrogens is 1. The van der Waals surface area contributed by atoms with Gasteiger partial charge < -0.3 is 9.47 Å². The molecule has 52 heavy (non-hydrogen) atoms. The quantitative estimate of drug-likeness (QED) is 0.172. The summed E-state index contributed by atoms with van der Waals surface area (Å²) in [6.45, 7) is 0. The maximum Gasteiger partial charge on any atom is 0.0547 e. The molecule has 0 aliphatic heterocycles. The molecule has 10 aromatic rings. The van der Waals surface area contributed by atoms with Crippen LogP contribution < -0.4 is 4.90 Å². The van der Waals surface area contributed by atoms with Gasteiger partial charge in [-0.25, -0.2) is 0 Å². The molecule has 10 rings (SSSR count). The van der Waals surface area contributed by atoms with E-state index in [0.717, 1.165) is 22.7 Å². The van der Waals surface area contributed by atoms with Crippen LogP contribution in [0.5, 0.6) is 0 Å². The van der Waals surface area contributed by atoms with Gasteiger partial charge in [-0.1, -0.05) is 146 Å². The van der Waals surface area contributed by atoms with Gasteiger partial charge in [0, 0.05) is 33.4 Å². The van der Waals surface area contributed by atoms with Crippen molar-refractivity contribution in [3.63, 3.8) is 0 Å². The van der Waals surface area contributed by atoms with Gasteiger partial charge in [0.1, 0.15) is 0 Å². The highest BCUT2D eigenvalue weighted by molar-refractivity contribution is 6.13. The van der Waals surface area contributed by atoms with Gasteiger partial charge in [-0.05, 0) is 98.9 Å². The molecule has 9 aromatic carbocycles. The van der Waals surface area contributed by atoms with E-state index >= 15 is 0 Å². The van der Waals surface area contributed by atoms with E-state index in [1.807, 2.05) is 0 Å². The van der Waals surface area contributed by atoms with Crippen LogP contribution in [-0.4, -0.2) is 4.57 Å². The summed E-state index contributed by atoms with van der Waals surface area (Å²) < 4.78 is 2.40. The Labute approximate surface area is 303 Å². The van der Waals surface area contributed by atoms with E-state index in [9.17, 15) is 0 Å². The molecular weight excluding hydrogens is 629 g/mol. The smallest absolute Gasteiger partial charge is 0.0547 e. The number of benzene rings is 9. The molecule has 0 bridgehead atoms. The van der Waals surface area contributed by atoms with Crippen LogP contribution in [0, 0.1) is 0 Å². The summed E-state index contributed by atoms with van der Waals surface area (Å²) in [6.07, 6.45) is 0. The number of anilines is 3. The molecule has 0 N–H and O–H groups in total. The van der Waals surface area contributed by atoms with Crippen molar-refractivity contribution < 1.29 is 0 Å². The average molecular weight is 663 g/mol. The molecule has 0 atom stereocenters. The molecule has 1 aromatic heterocycles. The Kier molecular flexibility index (Phi) is 7.18. The van der Waals surface area contributed by atoms with Crippen LogP contribution >= 0.6 is 0 Å². The first-order valence-corrected chi connectivity index (χ1v) is 17.9. The van der Waals surface area contributed by atoms with Crippen LogP contribution in [0.1, 0.15) is 0 Å². The second-order valence-electron chi connectivity index (χ2n) is 13.4.